The average molecular weight is 263 g/mol. The standard InChI is InChI=1S/C15H22FN3/c16-13-4-5-15(17)12(9-13)10-18-6-2-8-19-7-1-3-14(19)11-18/h4-5,9,14H,1-3,6-8,10-11,17H2. The lowest BCUT2D eigenvalue weighted by atomic mass is 10.1. The first-order valence-corrected chi connectivity index (χ1v) is 7.23. The summed E-state index contributed by atoms with van der Waals surface area (Å²) in [6.07, 6.45) is 3.82. The van der Waals surface area contributed by atoms with Crippen LogP contribution in [0.5, 0.6) is 0 Å². The number of nitrogens with two attached hydrogens (primary N) is 1. The van der Waals surface area contributed by atoms with Crippen LogP contribution in [-0.4, -0.2) is 42.0 Å². The Morgan fingerprint density at radius 2 is 2.05 bits per heavy atom. The number of rotatable bonds is 2. The molecule has 0 aromatic heterocycles. The smallest absolute Gasteiger partial charge is 0.123 e. The molecule has 3 rings (SSSR count). The van der Waals surface area contributed by atoms with Gasteiger partial charge in [0.2, 0.25) is 0 Å². The van der Waals surface area contributed by atoms with Crippen molar-refractivity contribution < 1.29 is 4.39 Å². The number of anilines is 1. The Kier molecular flexibility index (Phi) is 3.71. The largest absolute Gasteiger partial charge is 0.398 e. The third-order valence-corrected chi connectivity index (χ3v) is 4.39. The van der Waals surface area contributed by atoms with E-state index in [1.807, 2.05) is 0 Å². The molecule has 1 aromatic carbocycles. The van der Waals surface area contributed by atoms with Crippen LogP contribution in [0.1, 0.15) is 24.8 Å². The molecule has 2 N–H and O–H groups in total. The summed E-state index contributed by atoms with van der Waals surface area (Å²) in [6, 6.07) is 5.37. The van der Waals surface area contributed by atoms with Gasteiger partial charge in [0, 0.05) is 24.8 Å². The summed E-state index contributed by atoms with van der Waals surface area (Å²) < 4.78 is 13.3. The first-order valence-electron chi connectivity index (χ1n) is 7.23. The van der Waals surface area contributed by atoms with Crippen molar-refractivity contribution >= 4 is 5.69 Å². The van der Waals surface area contributed by atoms with Crippen molar-refractivity contribution in [1.82, 2.24) is 9.80 Å². The first-order chi connectivity index (χ1) is 9.22. The molecular weight excluding hydrogens is 241 g/mol. The number of hydrogen-bond donors (Lipinski definition) is 1. The van der Waals surface area contributed by atoms with Crippen LogP contribution in [0.4, 0.5) is 10.1 Å². The van der Waals surface area contributed by atoms with Gasteiger partial charge in [-0.25, -0.2) is 4.39 Å². The lowest BCUT2D eigenvalue weighted by molar-refractivity contribution is 0.215. The van der Waals surface area contributed by atoms with E-state index in [1.54, 1.807) is 12.1 Å². The zero-order chi connectivity index (χ0) is 13.2. The number of benzene rings is 1. The maximum absolute atomic E-state index is 13.3. The molecular formula is C15H22FN3. The van der Waals surface area contributed by atoms with Crippen LogP contribution in [0.2, 0.25) is 0 Å². The van der Waals surface area contributed by atoms with Crippen LogP contribution in [0.3, 0.4) is 0 Å². The average Bonchev–Trinajstić information content (AvgIpc) is 2.73. The Balaban J connectivity index is 1.70. The number of hydrogen-bond acceptors (Lipinski definition) is 3. The van der Waals surface area contributed by atoms with Gasteiger partial charge < -0.3 is 5.73 Å². The van der Waals surface area contributed by atoms with Crippen molar-refractivity contribution in [3.8, 4) is 0 Å². The molecule has 1 unspecified atom stereocenters. The highest BCUT2D eigenvalue weighted by Crippen LogP contribution is 2.23. The van der Waals surface area contributed by atoms with E-state index in [2.05, 4.69) is 9.80 Å². The number of fused-ring (bicyclic) bond motifs is 1. The Bertz CT molecular complexity index is 449. The number of nitrogen functional groups attached to an aromatic ring is 1. The molecule has 0 bridgehead atoms. The van der Waals surface area contributed by atoms with Crippen LogP contribution in [0.25, 0.3) is 0 Å². The van der Waals surface area contributed by atoms with Crippen molar-refractivity contribution in [3.63, 3.8) is 0 Å². The van der Waals surface area contributed by atoms with Gasteiger partial charge in [0.1, 0.15) is 5.82 Å². The third-order valence-electron chi connectivity index (χ3n) is 4.39. The summed E-state index contributed by atoms with van der Waals surface area (Å²) in [5.74, 6) is -0.193. The maximum Gasteiger partial charge on any atom is 0.123 e. The summed E-state index contributed by atoms with van der Waals surface area (Å²) in [5.41, 5.74) is 7.57. The van der Waals surface area contributed by atoms with E-state index in [0.29, 0.717) is 11.7 Å². The molecule has 0 radical (unpaired) electrons. The Morgan fingerprint density at radius 3 is 2.95 bits per heavy atom. The highest BCUT2D eigenvalue weighted by molar-refractivity contribution is 5.46. The summed E-state index contributed by atoms with van der Waals surface area (Å²) in [4.78, 5) is 5.04. The first kappa shape index (κ1) is 12.9. The second-order valence-electron chi connectivity index (χ2n) is 5.76. The zero-order valence-electron chi connectivity index (χ0n) is 11.3. The molecule has 0 saturated carbocycles. The molecule has 0 aliphatic carbocycles. The van der Waals surface area contributed by atoms with Crippen LogP contribution in [0, 0.1) is 5.82 Å². The van der Waals surface area contributed by atoms with Gasteiger partial charge in [-0.3, -0.25) is 9.80 Å². The van der Waals surface area contributed by atoms with Crippen LogP contribution >= 0.6 is 0 Å². The molecule has 2 heterocycles. The van der Waals surface area contributed by atoms with Gasteiger partial charge in [0.15, 0.2) is 0 Å². The highest BCUT2D eigenvalue weighted by Gasteiger charge is 2.28. The fraction of sp³-hybridized carbons (Fsp3) is 0.600. The Labute approximate surface area is 114 Å². The van der Waals surface area contributed by atoms with Crippen molar-refractivity contribution in [2.75, 3.05) is 31.9 Å². The van der Waals surface area contributed by atoms with Gasteiger partial charge in [-0.1, -0.05) is 0 Å². The molecule has 2 aliphatic heterocycles. The summed E-state index contributed by atoms with van der Waals surface area (Å²) in [6.45, 7) is 5.41. The van der Waals surface area contributed by atoms with E-state index in [0.717, 1.165) is 25.2 Å². The van der Waals surface area contributed by atoms with E-state index < -0.39 is 0 Å². The van der Waals surface area contributed by atoms with Crippen LogP contribution in [0.15, 0.2) is 18.2 Å². The van der Waals surface area contributed by atoms with Gasteiger partial charge in [0.25, 0.3) is 0 Å². The normalized spacial score (nSPS) is 25.2. The molecule has 4 heteroatoms. The predicted molar refractivity (Wildman–Crippen MR) is 75.3 cm³/mol. The van der Waals surface area contributed by atoms with Crippen LogP contribution in [-0.2, 0) is 6.54 Å². The zero-order valence-corrected chi connectivity index (χ0v) is 11.3. The molecule has 3 nitrogen and oxygen atoms in total. The van der Waals surface area contributed by atoms with Crippen molar-refractivity contribution in [2.24, 2.45) is 0 Å². The van der Waals surface area contributed by atoms with Gasteiger partial charge in [-0.05, 0) is 62.7 Å². The van der Waals surface area contributed by atoms with Gasteiger partial charge in [0.05, 0.1) is 0 Å². The topological polar surface area (TPSA) is 32.5 Å². The number of nitrogens with zero attached hydrogens (tertiary/aromatic N) is 2. The second kappa shape index (κ2) is 5.47. The molecule has 2 aliphatic rings. The van der Waals surface area contributed by atoms with E-state index in [-0.39, 0.29) is 5.82 Å². The minimum atomic E-state index is -0.193. The van der Waals surface area contributed by atoms with Gasteiger partial charge in [-0.15, -0.1) is 0 Å². The summed E-state index contributed by atoms with van der Waals surface area (Å²) in [5, 5.41) is 0. The highest BCUT2D eigenvalue weighted by atomic mass is 19.1. The maximum atomic E-state index is 13.3. The molecule has 19 heavy (non-hydrogen) atoms. The number of halogens is 1. The fourth-order valence-electron chi connectivity index (χ4n) is 3.38. The lowest BCUT2D eigenvalue weighted by Gasteiger charge is -2.26. The van der Waals surface area contributed by atoms with Gasteiger partial charge in [-0.2, -0.15) is 0 Å². The van der Waals surface area contributed by atoms with E-state index in [9.17, 15) is 4.39 Å². The lowest BCUT2D eigenvalue weighted by Crippen LogP contribution is -2.36. The quantitative estimate of drug-likeness (QED) is 0.829. The molecule has 1 atom stereocenters. The predicted octanol–water partition coefficient (Wildman–Crippen LogP) is 2.08. The van der Waals surface area contributed by atoms with E-state index in [4.69, 9.17) is 5.73 Å². The molecule has 0 spiro atoms. The minimum Gasteiger partial charge on any atom is -0.398 e. The minimum absolute atomic E-state index is 0.193. The summed E-state index contributed by atoms with van der Waals surface area (Å²) >= 11 is 0. The van der Waals surface area contributed by atoms with E-state index in [1.165, 1.54) is 38.4 Å². The van der Waals surface area contributed by atoms with Crippen molar-refractivity contribution in [1.29, 1.82) is 0 Å². The Morgan fingerprint density at radius 1 is 1.21 bits per heavy atom. The second-order valence-corrected chi connectivity index (χ2v) is 5.76. The van der Waals surface area contributed by atoms with Crippen molar-refractivity contribution in [3.05, 3.63) is 29.6 Å². The van der Waals surface area contributed by atoms with Crippen molar-refractivity contribution in [2.45, 2.75) is 31.8 Å². The third kappa shape index (κ3) is 2.90. The Hall–Kier alpha value is -1.13. The van der Waals surface area contributed by atoms with E-state index >= 15 is 0 Å². The van der Waals surface area contributed by atoms with Crippen LogP contribution < -0.4 is 5.73 Å². The summed E-state index contributed by atoms with van der Waals surface area (Å²) in [7, 11) is 0. The molecule has 0 amide bonds. The monoisotopic (exact) mass is 263 g/mol. The molecule has 1 aromatic rings. The SMILES string of the molecule is Nc1ccc(F)cc1CN1CCCN2CCCC2C1. The van der Waals surface area contributed by atoms with Gasteiger partial charge >= 0.3 is 0 Å². The molecule has 2 fully saturated rings. The molecule has 2 saturated heterocycles. The molecule has 104 valence electrons. The fourth-order valence-corrected chi connectivity index (χ4v) is 3.38.